The second-order valence-corrected chi connectivity index (χ2v) is 7.30. The molecule has 0 fully saturated rings. The molecule has 3 N–H and O–H groups in total. The molecule has 2 aromatic heterocycles. The molecule has 0 aliphatic heterocycles. The average Bonchev–Trinajstić information content (AvgIpc) is 3.07. The van der Waals surface area contributed by atoms with E-state index >= 15 is 0 Å². The Balaban J connectivity index is 1.76. The molecule has 2 heterocycles. The van der Waals surface area contributed by atoms with Crippen molar-refractivity contribution >= 4 is 64.2 Å². The van der Waals surface area contributed by atoms with Crippen molar-refractivity contribution in [1.29, 1.82) is 0 Å². The van der Waals surface area contributed by atoms with Crippen molar-refractivity contribution in [3.63, 3.8) is 0 Å². The summed E-state index contributed by atoms with van der Waals surface area (Å²) in [4.78, 5) is 21.1. The minimum Gasteiger partial charge on any atom is -0.355 e. The van der Waals surface area contributed by atoms with Crippen LogP contribution in [-0.2, 0) is 4.79 Å². The zero-order valence-electron chi connectivity index (χ0n) is 15.2. The number of carbonyl (C=O) groups excluding carboxylic acids is 1. The molecular formula is C16H18Cl2N8OS. The van der Waals surface area contributed by atoms with E-state index in [9.17, 15) is 4.79 Å². The molecular weight excluding hydrogens is 423 g/mol. The van der Waals surface area contributed by atoms with E-state index in [1.165, 1.54) is 11.8 Å². The fraction of sp³-hybridized carbons (Fsp3) is 0.312. The highest BCUT2D eigenvalue weighted by molar-refractivity contribution is 7.99. The topological polar surface area (TPSA) is 109 Å². The summed E-state index contributed by atoms with van der Waals surface area (Å²) in [7, 11) is 0. The Morgan fingerprint density at radius 2 is 1.93 bits per heavy atom. The van der Waals surface area contributed by atoms with Crippen LogP contribution in [-0.4, -0.2) is 49.3 Å². The molecule has 12 heteroatoms. The standard InChI is InChI=1S/C16H18Cl2N8OS/c1-3-19-13-22-14(20-4-2)26-15(23-13)24-25-16(26)28-8-12(27)21-11-7-9(17)5-6-10(11)18/h5-7H,3-4,8H2,1-2H3,(H,21,27)(H2,19,20,22,23,24). The SMILES string of the molecule is CCNc1nc(NCC)n2c(SCC(=O)Nc3cc(Cl)ccc3Cl)nnc2n1. The molecule has 3 aromatic rings. The van der Waals surface area contributed by atoms with E-state index in [-0.39, 0.29) is 11.7 Å². The zero-order chi connectivity index (χ0) is 20.1. The normalized spacial score (nSPS) is 10.9. The van der Waals surface area contributed by atoms with Crippen LogP contribution in [0.3, 0.4) is 0 Å². The fourth-order valence-electron chi connectivity index (χ4n) is 2.31. The summed E-state index contributed by atoms with van der Waals surface area (Å²) < 4.78 is 1.68. The quantitative estimate of drug-likeness (QED) is 0.457. The van der Waals surface area contributed by atoms with Gasteiger partial charge in [-0.05, 0) is 32.0 Å². The number of rotatable bonds is 8. The zero-order valence-corrected chi connectivity index (χ0v) is 17.5. The molecule has 0 spiro atoms. The van der Waals surface area contributed by atoms with Gasteiger partial charge in [0.1, 0.15) is 0 Å². The van der Waals surface area contributed by atoms with Gasteiger partial charge in [0, 0.05) is 18.1 Å². The number of hydrogen-bond acceptors (Lipinski definition) is 8. The monoisotopic (exact) mass is 440 g/mol. The van der Waals surface area contributed by atoms with Crippen molar-refractivity contribution in [1.82, 2.24) is 24.6 Å². The first-order chi connectivity index (χ1) is 13.5. The van der Waals surface area contributed by atoms with Gasteiger partial charge < -0.3 is 16.0 Å². The van der Waals surface area contributed by atoms with Crippen molar-refractivity contribution in [2.75, 3.05) is 34.8 Å². The van der Waals surface area contributed by atoms with E-state index in [0.29, 0.717) is 51.7 Å². The van der Waals surface area contributed by atoms with Gasteiger partial charge in [-0.25, -0.2) is 4.40 Å². The van der Waals surface area contributed by atoms with Crippen LogP contribution in [0.5, 0.6) is 0 Å². The van der Waals surface area contributed by atoms with Gasteiger partial charge in [-0.1, -0.05) is 35.0 Å². The highest BCUT2D eigenvalue weighted by Crippen LogP contribution is 2.26. The second kappa shape index (κ2) is 9.26. The van der Waals surface area contributed by atoms with Gasteiger partial charge in [0.25, 0.3) is 5.78 Å². The maximum absolute atomic E-state index is 12.3. The number of fused-ring (bicyclic) bond motifs is 1. The number of thioether (sulfide) groups is 1. The second-order valence-electron chi connectivity index (χ2n) is 5.51. The van der Waals surface area contributed by atoms with Crippen LogP contribution < -0.4 is 16.0 Å². The van der Waals surface area contributed by atoms with Crippen molar-refractivity contribution < 1.29 is 4.79 Å². The van der Waals surface area contributed by atoms with Crippen LogP contribution in [0.25, 0.3) is 5.78 Å². The van der Waals surface area contributed by atoms with E-state index in [0.717, 1.165) is 0 Å². The third kappa shape index (κ3) is 4.75. The number of anilines is 3. The molecule has 0 aliphatic rings. The predicted molar refractivity (Wildman–Crippen MR) is 113 cm³/mol. The van der Waals surface area contributed by atoms with Gasteiger partial charge in [-0.2, -0.15) is 9.97 Å². The fourth-order valence-corrected chi connectivity index (χ4v) is 3.37. The molecule has 0 radical (unpaired) electrons. The van der Waals surface area contributed by atoms with Crippen LogP contribution in [0.2, 0.25) is 10.0 Å². The van der Waals surface area contributed by atoms with E-state index in [4.69, 9.17) is 23.2 Å². The largest absolute Gasteiger partial charge is 0.355 e. The lowest BCUT2D eigenvalue weighted by Gasteiger charge is -2.10. The van der Waals surface area contributed by atoms with Crippen LogP contribution in [0, 0.1) is 0 Å². The van der Waals surface area contributed by atoms with Gasteiger partial charge in [0.15, 0.2) is 5.16 Å². The van der Waals surface area contributed by atoms with Crippen molar-refractivity contribution in [3.8, 4) is 0 Å². The lowest BCUT2D eigenvalue weighted by Crippen LogP contribution is -2.15. The summed E-state index contributed by atoms with van der Waals surface area (Å²) in [5, 5.41) is 18.6. The van der Waals surface area contributed by atoms with Gasteiger partial charge in [-0.3, -0.25) is 4.79 Å². The van der Waals surface area contributed by atoms with Crippen LogP contribution >= 0.6 is 35.0 Å². The van der Waals surface area contributed by atoms with Gasteiger partial charge in [0.2, 0.25) is 17.8 Å². The first-order valence-electron chi connectivity index (χ1n) is 8.50. The van der Waals surface area contributed by atoms with Crippen molar-refractivity contribution in [3.05, 3.63) is 28.2 Å². The Labute approximate surface area is 175 Å². The number of nitrogens with zero attached hydrogens (tertiary/aromatic N) is 5. The number of aromatic nitrogens is 5. The van der Waals surface area contributed by atoms with Gasteiger partial charge in [0.05, 0.1) is 16.5 Å². The maximum Gasteiger partial charge on any atom is 0.261 e. The Morgan fingerprint density at radius 3 is 2.68 bits per heavy atom. The number of nitrogens with one attached hydrogen (secondary N) is 3. The van der Waals surface area contributed by atoms with E-state index in [1.54, 1.807) is 22.6 Å². The highest BCUT2D eigenvalue weighted by atomic mass is 35.5. The lowest BCUT2D eigenvalue weighted by atomic mass is 10.3. The lowest BCUT2D eigenvalue weighted by molar-refractivity contribution is -0.113. The Morgan fingerprint density at radius 1 is 1.14 bits per heavy atom. The summed E-state index contributed by atoms with van der Waals surface area (Å²) in [6.07, 6.45) is 0. The van der Waals surface area contributed by atoms with E-state index in [1.807, 2.05) is 13.8 Å². The molecule has 0 aliphatic carbocycles. The summed E-state index contributed by atoms with van der Waals surface area (Å²) >= 11 is 13.2. The number of halogens is 2. The third-order valence-electron chi connectivity index (χ3n) is 3.45. The van der Waals surface area contributed by atoms with Crippen LogP contribution in [0.1, 0.15) is 13.8 Å². The Kier molecular flexibility index (Phi) is 6.76. The smallest absolute Gasteiger partial charge is 0.261 e. The molecule has 0 unspecified atom stereocenters. The number of benzene rings is 1. The number of carbonyl (C=O) groups is 1. The summed E-state index contributed by atoms with van der Waals surface area (Å²) in [6, 6.07) is 4.87. The molecule has 0 saturated heterocycles. The van der Waals surface area contributed by atoms with Gasteiger partial charge in [-0.15, -0.1) is 10.2 Å². The molecule has 0 bridgehead atoms. The molecule has 1 aromatic carbocycles. The first kappa shape index (κ1) is 20.4. The maximum atomic E-state index is 12.3. The van der Waals surface area contributed by atoms with E-state index < -0.39 is 0 Å². The third-order valence-corrected chi connectivity index (χ3v) is 4.94. The van der Waals surface area contributed by atoms with Gasteiger partial charge >= 0.3 is 0 Å². The minimum atomic E-state index is -0.249. The average molecular weight is 441 g/mol. The highest BCUT2D eigenvalue weighted by Gasteiger charge is 2.16. The molecule has 0 saturated carbocycles. The molecule has 0 atom stereocenters. The molecule has 9 nitrogen and oxygen atoms in total. The first-order valence-corrected chi connectivity index (χ1v) is 10.2. The number of amides is 1. The summed E-state index contributed by atoms with van der Waals surface area (Å²) in [5.74, 6) is 1.26. The van der Waals surface area contributed by atoms with Crippen molar-refractivity contribution in [2.45, 2.75) is 19.0 Å². The summed E-state index contributed by atoms with van der Waals surface area (Å²) in [6.45, 7) is 5.26. The Bertz CT molecular complexity index is 996. The molecule has 28 heavy (non-hydrogen) atoms. The van der Waals surface area contributed by atoms with Crippen LogP contribution in [0.15, 0.2) is 23.4 Å². The van der Waals surface area contributed by atoms with Crippen LogP contribution in [0.4, 0.5) is 17.6 Å². The number of hydrogen-bond donors (Lipinski definition) is 3. The molecule has 148 valence electrons. The summed E-state index contributed by atoms with van der Waals surface area (Å²) in [5.41, 5.74) is 0.456. The minimum absolute atomic E-state index is 0.101. The van der Waals surface area contributed by atoms with E-state index in [2.05, 4.69) is 36.1 Å². The molecule has 1 amide bonds. The predicted octanol–water partition coefficient (Wildman–Crippen LogP) is 3.42. The molecule has 3 rings (SSSR count). The van der Waals surface area contributed by atoms with Crippen molar-refractivity contribution in [2.24, 2.45) is 0 Å². The Hall–Kier alpha value is -2.30.